The van der Waals surface area contributed by atoms with Crippen LogP contribution in [0.15, 0.2) is 4.52 Å². The molecule has 0 spiro atoms. The monoisotopic (exact) mass is 249 g/mol. The molecule has 0 saturated carbocycles. The Balaban J connectivity index is 1.94. The number of alkyl halides is 3. The van der Waals surface area contributed by atoms with E-state index in [1.54, 1.807) is 11.8 Å². The summed E-state index contributed by atoms with van der Waals surface area (Å²) in [6, 6.07) is 0. The molecule has 17 heavy (non-hydrogen) atoms. The normalized spacial score (nSPS) is 22.9. The molecule has 1 aromatic rings. The summed E-state index contributed by atoms with van der Waals surface area (Å²) in [7, 11) is 0. The lowest BCUT2D eigenvalue weighted by Crippen LogP contribution is -2.41. The van der Waals surface area contributed by atoms with Gasteiger partial charge in [-0.25, -0.2) is 0 Å². The van der Waals surface area contributed by atoms with Gasteiger partial charge in [-0.05, 0) is 26.3 Å². The lowest BCUT2D eigenvalue weighted by atomic mass is 9.97. The molecule has 0 bridgehead atoms. The second-order valence-electron chi connectivity index (χ2n) is 4.35. The van der Waals surface area contributed by atoms with E-state index < -0.39 is 12.1 Å². The standard InChI is InChI=1S/C10H14F3N3O/c1-7-14-9(17-15-7)6-16-4-2-3-8(5-16)10(11,12)13/h8H,2-6H2,1H3. The predicted octanol–water partition coefficient (Wildman–Crippen LogP) is 2.15. The largest absolute Gasteiger partial charge is 0.393 e. The second kappa shape index (κ2) is 4.64. The van der Waals surface area contributed by atoms with E-state index in [1.807, 2.05) is 0 Å². The maximum atomic E-state index is 12.6. The Labute approximate surface area is 96.8 Å². The number of likely N-dealkylation sites (tertiary alicyclic amines) is 1. The van der Waals surface area contributed by atoms with Gasteiger partial charge in [-0.3, -0.25) is 4.90 Å². The van der Waals surface area contributed by atoms with Gasteiger partial charge in [0.2, 0.25) is 5.89 Å². The first-order valence-corrected chi connectivity index (χ1v) is 5.53. The first-order chi connectivity index (χ1) is 7.95. The van der Waals surface area contributed by atoms with Crippen LogP contribution in [0.3, 0.4) is 0 Å². The van der Waals surface area contributed by atoms with Crippen molar-refractivity contribution in [1.29, 1.82) is 0 Å². The highest BCUT2D eigenvalue weighted by Gasteiger charge is 2.41. The summed E-state index contributed by atoms with van der Waals surface area (Å²) >= 11 is 0. The third-order valence-corrected chi connectivity index (χ3v) is 2.90. The molecule has 1 aliphatic rings. The SMILES string of the molecule is Cc1noc(CN2CCCC(C(F)(F)F)C2)n1. The molecule has 2 heterocycles. The quantitative estimate of drug-likeness (QED) is 0.805. The van der Waals surface area contributed by atoms with Crippen LogP contribution in [0.2, 0.25) is 0 Å². The van der Waals surface area contributed by atoms with E-state index in [-0.39, 0.29) is 13.0 Å². The van der Waals surface area contributed by atoms with Gasteiger partial charge in [0.25, 0.3) is 0 Å². The second-order valence-corrected chi connectivity index (χ2v) is 4.35. The molecule has 0 aliphatic carbocycles. The van der Waals surface area contributed by atoms with E-state index in [9.17, 15) is 13.2 Å². The molecule has 2 rings (SSSR count). The maximum Gasteiger partial charge on any atom is 0.393 e. The highest BCUT2D eigenvalue weighted by atomic mass is 19.4. The van der Waals surface area contributed by atoms with Crippen molar-refractivity contribution in [3.63, 3.8) is 0 Å². The molecule has 4 nitrogen and oxygen atoms in total. The van der Waals surface area contributed by atoms with E-state index in [1.165, 1.54) is 0 Å². The Morgan fingerprint density at radius 1 is 1.47 bits per heavy atom. The fourth-order valence-electron chi connectivity index (χ4n) is 2.06. The molecule has 1 aliphatic heterocycles. The van der Waals surface area contributed by atoms with Crippen LogP contribution in [-0.2, 0) is 6.54 Å². The van der Waals surface area contributed by atoms with E-state index in [0.717, 1.165) is 0 Å². The summed E-state index contributed by atoms with van der Waals surface area (Å²) in [6.45, 7) is 2.65. The van der Waals surface area contributed by atoms with Crippen LogP contribution >= 0.6 is 0 Å². The zero-order chi connectivity index (χ0) is 12.5. The Hall–Kier alpha value is -1.11. The molecule has 96 valence electrons. The number of piperidine rings is 1. The van der Waals surface area contributed by atoms with Crippen LogP contribution in [-0.4, -0.2) is 34.3 Å². The number of rotatable bonds is 2. The van der Waals surface area contributed by atoms with Crippen molar-refractivity contribution in [3.05, 3.63) is 11.7 Å². The lowest BCUT2D eigenvalue weighted by molar-refractivity contribution is -0.187. The van der Waals surface area contributed by atoms with Crippen molar-refractivity contribution < 1.29 is 17.7 Å². The molecule has 0 amide bonds. The summed E-state index contributed by atoms with van der Waals surface area (Å²) in [4.78, 5) is 5.71. The van der Waals surface area contributed by atoms with Crippen LogP contribution in [0.4, 0.5) is 13.2 Å². The minimum atomic E-state index is -4.11. The topological polar surface area (TPSA) is 42.2 Å². The first kappa shape index (κ1) is 12.3. The van der Waals surface area contributed by atoms with Gasteiger partial charge >= 0.3 is 6.18 Å². The van der Waals surface area contributed by atoms with Gasteiger partial charge in [0.05, 0.1) is 12.5 Å². The third-order valence-electron chi connectivity index (χ3n) is 2.90. The van der Waals surface area contributed by atoms with Crippen LogP contribution in [0.1, 0.15) is 24.6 Å². The summed E-state index contributed by atoms with van der Waals surface area (Å²) in [5, 5.41) is 3.61. The van der Waals surface area contributed by atoms with Gasteiger partial charge in [-0.1, -0.05) is 5.16 Å². The molecule has 1 saturated heterocycles. The van der Waals surface area contributed by atoms with Crippen LogP contribution in [0.25, 0.3) is 0 Å². The fourth-order valence-corrected chi connectivity index (χ4v) is 2.06. The zero-order valence-corrected chi connectivity index (χ0v) is 9.50. The number of halogens is 3. The molecule has 0 radical (unpaired) electrons. The van der Waals surface area contributed by atoms with Gasteiger partial charge in [0.15, 0.2) is 5.82 Å². The molecule has 0 aromatic carbocycles. The zero-order valence-electron chi connectivity index (χ0n) is 9.50. The molecule has 1 atom stereocenters. The highest BCUT2D eigenvalue weighted by Crippen LogP contribution is 2.33. The average Bonchev–Trinajstić information content (AvgIpc) is 2.63. The maximum absolute atomic E-state index is 12.6. The summed E-state index contributed by atoms with van der Waals surface area (Å²) in [5.74, 6) is -0.352. The lowest BCUT2D eigenvalue weighted by Gasteiger charge is -2.32. The summed E-state index contributed by atoms with van der Waals surface area (Å²) < 4.78 is 42.6. The van der Waals surface area contributed by atoms with Crippen LogP contribution in [0.5, 0.6) is 0 Å². The van der Waals surface area contributed by atoms with E-state index in [4.69, 9.17) is 4.52 Å². The van der Waals surface area contributed by atoms with E-state index >= 15 is 0 Å². The Kier molecular flexibility index (Phi) is 3.37. The fraction of sp³-hybridized carbons (Fsp3) is 0.800. The minimum absolute atomic E-state index is 0.0188. The molecule has 7 heteroatoms. The third kappa shape index (κ3) is 3.18. The molecular weight excluding hydrogens is 235 g/mol. The molecular formula is C10H14F3N3O. The molecule has 0 N–H and O–H groups in total. The number of hydrogen-bond acceptors (Lipinski definition) is 4. The van der Waals surface area contributed by atoms with Gasteiger partial charge in [-0.15, -0.1) is 0 Å². The number of nitrogens with zero attached hydrogens (tertiary/aromatic N) is 3. The molecule has 1 unspecified atom stereocenters. The Bertz CT molecular complexity index is 377. The highest BCUT2D eigenvalue weighted by molar-refractivity contribution is 4.85. The predicted molar refractivity (Wildman–Crippen MR) is 53.1 cm³/mol. The minimum Gasteiger partial charge on any atom is -0.338 e. The number of hydrogen-bond donors (Lipinski definition) is 0. The Morgan fingerprint density at radius 3 is 2.82 bits per heavy atom. The average molecular weight is 249 g/mol. The first-order valence-electron chi connectivity index (χ1n) is 5.53. The smallest absolute Gasteiger partial charge is 0.338 e. The van der Waals surface area contributed by atoms with Gasteiger partial charge in [0.1, 0.15) is 0 Å². The van der Waals surface area contributed by atoms with Crippen molar-refractivity contribution in [2.24, 2.45) is 5.92 Å². The summed E-state index contributed by atoms with van der Waals surface area (Å²) in [5.41, 5.74) is 0. The Morgan fingerprint density at radius 2 is 2.24 bits per heavy atom. The van der Waals surface area contributed by atoms with Crippen LogP contribution < -0.4 is 0 Å². The molecule has 1 fully saturated rings. The van der Waals surface area contributed by atoms with Crippen molar-refractivity contribution >= 4 is 0 Å². The van der Waals surface area contributed by atoms with E-state index in [0.29, 0.717) is 31.2 Å². The van der Waals surface area contributed by atoms with E-state index in [2.05, 4.69) is 10.1 Å². The van der Waals surface area contributed by atoms with Gasteiger partial charge < -0.3 is 4.52 Å². The van der Waals surface area contributed by atoms with Crippen molar-refractivity contribution in [1.82, 2.24) is 15.0 Å². The number of aromatic nitrogens is 2. The number of aryl methyl sites for hydroxylation is 1. The molecule has 1 aromatic heterocycles. The van der Waals surface area contributed by atoms with Gasteiger partial charge in [-0.2, -0.15) is 18.2 Å². The van der Waals surface area contributed by atoms with Crippen molar-refractivity contribution in [3.8, 4) is 0 Å². The van der Waals surface area contributed by atoms with Crippen molar-refractivity contribution in [2.45, 2.75) is 32.5 Å². The van der Waals surface area contributed by atoms with Gasteiger partial charge in [0, 0.05) is 6.54 Å². The van der Waals surface area contributed by atoms with Crippen LogP contribution in [0, 0.1) is 12.8 Å². The van der Waals surface area contributed by atoms with Crippen molar-refractivity contribution in [2.75, 3.05) is 13.1 Å². The summed E-state index contributed by atoms with van der Waals surface area (Å²) in [6.07, 6.45) is -3.34.